The number of nitrogens with one attached hydrogen (secondary N) is 1. The maximum Gasteiger partial charge on any atom is 0.220 e. The van der Waals surface area contributed by atoms with Crippen molar-refractivity contribution >= 4 is 21.8 Å². The second-order valence-electron chi connectivity index (χ2n) is 6.30. The molecule has 1 N–H and O–H groups in total. The van der Waals surface area contributed by atoms with E-state index in [0.717, 1.165) is 37.1 Å². The summed E-state index contributed by atoms with van der Waals surface area (Å²) in [5.41, 5.74) is 0. The maximum atomic E-state index is 11.7. The van der Waals surface area contributed by atoms with Crippen LogP contribution in [0.1, 0.15) is 77.0 Å². The molecule has 0 fully saturated rings. The van der Waals surface area contributed by atoms with Gasteiger partial charge in [0.15, 0.2) is 0 Å². The zero-order valence-corrected chi connectivity index (χ0v) is 16.4. The molecule has 0 aliphatic heterocycles. The molecule has 0 bridgehead atoms. The fourth-order valence-corrected chi connectivity index (χ4v) is 3.21. The third kappa shape index (κ3) is 16.1. The molecule has 0 saturated heterocycles. The monoisotopic (exact) mass is 385 g/mol. The minimum atomic E-state index is 0.192. The zero-order valence-electron chi connectivity index (χ0n) is 14.8. The standard InChI is InChI=1S/C20H36BrNO/c1-3-5-7-8-9-13-19(14-10-11-17-21)15-12-16-20(23)22-18-6-4-2/h3-4,19H,1-2,5-18H2,(H,22,23)/t19-/m0/s1. The van der Waals surface area contributed by atoms with Crippen LogP contribution in [0.15, 0.2) is 25.3 Å². The van der Waals surface area contributed by atoms with Crippen molar-refractivity contribution < 1.29 is 4.79 Å². The fourth-order valence-electron chi connectivity index (χ4n) is 2.81. The highest BCUT2D eigenvalue weighted by Gasteiger charge is 2.10. The van der Waals surface area contributed by atoms with Crippen molar-refractivity contribution in [2.24, 2.45) is 5.92 Å². The Kier molecular flexibility index (Phi) is 17.3. The third-order valence-electron chi connectivity index (χ3n) is 4.20. The molecule has 0 radical (unpaired) electrons. The van der Waals surface area contributed by atoms with Gasteiger partial charge in [0, 0.05) is 18.3 Å². The van der Waals surface area contributed by atoms with E-state index in [9.17, 15) is 4.79 Å². The van der Waals surface area contributed by atoms with Gasteiger partial charge in [0.1, 0.15) is 0 Å². The van der Waals surface area contributed by atoms with Crippen molar-refractivity contribution in [3.8, 4) is 0 Å². The number of unbranched alkanes of at least 4 members (excludes halogenated alkanes) is 4. The molecule has 134 valence electrons. The van der Waals surface area contributed by atoms with E-state index in [4.69, 9.17) is 0 Å². The van der Waals surface area contributed by atoms with Gasteiger partial charge in [0.25, 0.3) is 0 Å². The Balaban J connectivity index is 3.87. The average molecular weight is 386 g/mol. The second kappa shape index (κ2) is 17.8. The smallest absolute Gasteiger partial charge is 0.220 e. The molecular formula is C20H36BrNO. The Bertz CT molecular complexity index is 304. The van der Waals surface area contributed by atoms with Crippen LogP contribution in [-0.4, -0.2) is 17.8 Å². The van der Waals surface area contributed by atoms with Crippen LogP contribution < -0.4 is 5.32 Å². The number of hydrogen-bond acceptors (Lipinski definition) is 1. The zero-order chi connectivity index (χ0) is 17.2. The van der Waals surface area contributed by atoms with Crippen molar-refractivity contribution in [2.45, 2.75) is 77.0 Å². The van der Waals surface area contributed by atoms with E-state index in [1.54, 1.807) is 0 Å². The van der Waals surface area contributed by atoms with Gasteiger partial charge in [0.2, 0.25) is 5.91 Å². The number of hydrogen-bond donors (Lipinski definition) is 1. The molecule has 0 aromatic carbocycles. The quantitative estimate of drug-likeness (QED) is 0.181. The van der Waals surface area contributed by atoms with Gasteiger partial charge >= 0.3 is 0 Å². The highest BCUT2D eigenvalue weighted by molar-refractivity contribution is 9.09. The molecule has 0 saturated carbocycles. The summed E-state index contributed by atoms with van der Waals surface area (Å²) in [6, 6.07) is 0. The van der Waals surface area contributed by atoms with E-state index < -0.39 is 0 Å². The minimum absolute atomic E-state index is 0.192. The number of halogens is 1. The molecule has 3 heteroatoms. The molecule has 0 spiro atoms. The summed E-state index contributed by atoms with van der Waals surface area (Å²) in [4.78, 5) is 11.7. The Morgan fingerprint density at radius 3 is 2.22 bits per heavy atom. The van der Waals surface area contributed by atoms with Crippen LogP contribution in [0, 0.1) is 5.92 Å². The Labute approximate surface area is 152 Å². The van der Waals surface area contributed by atoms with Gasteiger partial charge in [0.05, 0.1) is 0 Å². The molecule has 0 aliphatic rings. The van der Waals surface area contributed by atoms with E-state index in [2.05, 4.69) is 34.4 Å². The number of carbonyl (C=O) groups is 1. The van der Waals surface area contributed by atoms with E-state index in [-0.39, 0.29) is 5.91 Å². The number of alkyl halides is 1. The summed E-state index contributed by atoms with van der Waals surface area (Å²) in [5.74, 6) is 0.982. The average Bonchev–Trinajstić information content (AvgIpc) is 2.54. The molecule has 0 rings (SSSR count). The number of amides is 1. The van der Waals surface area contributed by atoms with Crippen LogP contribution >= 0.6 is 15.9 Å². The summed E-state index contributed by atoms with van der Waals surface area (Å²) < 4.78 is 0. The normalized spacial score (nSPS) is 11.9. The molecular weight excluding hydrogens is 350 g/mol. The van der Waals surface area contributed by atoms with Crippen molar-refractivity contribution in [1.29, 1.82) is 0 Å². The third-order valence-corrected chi connectivity index (χ3v) is 4.76. The number of carbonyl (C=O) groups excluding carboxylic acids is 1. The molecule has 23 heavy (non-hydrogen) atoms. The first-order valence-electron chi connectivity index (χ1n) is 9.29. The number of rotatable bonds is 17. The molecule has 0 unspecified atom stereocenters. The molecule has 1 amide bonds. The van der Waals surface area contributed by atoms with Crippen molar-refractivity contribution in [3.63, 3.8) is 0 Å². The molecule has 0 heterocycles. The lowest BCUT2D eigenvalue weighted by Gasteiger charge is -2.16. The predicted octanol–water partition coefficient (Wildman–Crippen LogP) is 6.17. The largest absolute Gasteiger partial charge is 0.356 e. The maximum absolute atomic E-state index is 11.7. The summed E-state index contributed by atoms with van der Waals surface area (Å²) in [6.45, 7) is 8.17. The molecule has 2 nitrogen and oxygen atoms in total. The van der Waals surface area contributed by atoms with Crippen molar-refractivity contribution in [1.82, 2.24) is 5.32 Å². The van der Waals surface area contributed by atoms with E-state index in [1.165, 1.54) is 51.4 Å². The highest BCUT2D eigenvalue weighted by Crippen LogP contribution is 2.23. The summed E-state index contributed by atoms with van der Waals surface area (Å²) in [6.07, 6.45) is 17.8. The molecule has 0 aliphatic carbocycles. The first kappa shape index (κ1) is 22.4. The second-order valence-corrected chi connectivity index (χ2v) is 7.09. The Morgan fingerprint density at radius 2 is 1.57 bits per heavy atom. The molecule has 1 atom stereocenters. The SMILES string of the molecule is C=CCCCCC[C@@H](CCCCBr)CCCC(=O)NCCC=C. The van der Waals surface area contributed by atoms with Crippen LogP contribution in [0.25, 0.3) is 0 Å². The van der Waals surface area contributed by atoms with Gasteiger partial charge < -0.3 is 5.32 Å². The first-order chi connectivity index (χ1) is 11.2. The van der Waals surface area contributed by atoms with Crippen LogP contribution in [0.3, 0.4) is 0 Å². The topological polar surface area (TPSA) is 29.1 Å². The van der Waals surface area contributed by atoms with E-state index in [0.29, 0.717) is 6.42 Å². The van der Waals surface area contributed by atoms with Crippen LogP contribution in [-0.2, 0) is 4.79 Å². The van der Waals surface area contributed by atoms with E-state index in [1.807, 2.05) is 12.2 Å². The molecule has 0 aromatic rings. The minimum Gasteiger partial charge on any atom is -0.356 e. The van der Waals surface area contributed by atoms with Gasteiger partial charge in [-0.15, -0.1) is 13.2 Å². The lowest BCUT2D eigenvalue weighted by atomic mass is 9.90. The lowest BCUT2D eigenvalue weighted by Crippen LogP contribution is -2.23. The summed E-state index contributed by atoms with van der Waals surface area (Å²) >= 11 is 3.51. The van der Waals surface area contributed by atoms with Crippen LogP contribution in [0.2, 0.25) is 0 Å². The van der Waals surface area contributed by atoms with Gasteiger partial charge in [-0.05, 0) is 44.4 Å². The predicted molar refractivity (Wildman–Crippen MR) is 106 cm³/mol. The highest BCUT2D eigenvalue weighted by atomic mass is 79.9. The summed E-state index contributed by atoms with van der Waals surface area (Å²) in [5, 5.41) is 4.05. The van der Waals surface area contributed by atoms with Gasteiger partial charge in [-0.3, -0.25) is 4.79 Å². The fraction of sp³-hybridized carbons (Fsp3) is 0.750. The van der Waals surface area contributed by atoms with Gasteiger partial charge in [-0.2, -0.15) is 0 Å². The first-order valence-corrected chi connectivity index (χ1v) is 10.4. The van der Waals surface area contributed by atoms with Gasteiger partial charge in [-0.25, -0.2) is 0 Å². The van der Waals surface area contributed by atoms with Gasteiger partial charge in [-0.1, -0.05) is 60.2 Å². The molecule has 0 aromatic heterocycles. The van der Waals surface area contributed by atoms with E-state index >= 15 is 0 Å². The van der Waals surface area contributed by atoms with Crippen molar-refractivity contribution in [3.05, 3.63) is 25.3 Å². The van der Waals surface area contributed by atoms with Crippen LogP contribution in [0.4, 0.5) is 0 Å². The number of allylic oxidation sites excluding steroid dienone is 1. The Morgan fingerprint density at radius 1 is 0.913 bits per heavy atom. The summed E-state index contributed by atoms with van der Waals surface area (Å²) in [7, 11) is 0. The lowest BCUT2D eigenvalue weighted by molar-refractivity contribution is -0.121. The van der Waals surface area contributed by atoms with Crippen LogP contribution in [0.5, 0.6) is 0 Å². The van der Waals surface area contributed by atoms with Crippen molar-refractivity contribution in [2.75, 3.05) is 11.9 Å². The Hall–Kier alpha value is -0.570.